The third kappa shape index (κ3) is 2.07. The molecule has 0 atom stereocenters. The van der Waals surface area contributed by atoms with Crippen molar-refractivity contribution in [3.63, 3.8) is 0 Å². The van der Waals surface area contributed by atoms with Crippen LogP contribution in [0.1, 0.15) is 0 Å². The number of hydrogen-bond acceptors (Lipinski definition) is 3. The first-order valence-electron chi connectivity index (χ1n) is 5.12. The quantitative estimate of drug-likeness (QED) is 0.750. The van der Waals surface area contributed by atoms with Gasteiger partial charge in [-0.3, -0.25) is 4.79 Å². The van der Waals surface area contributed by atoms with E-state index in [1.165, 1.54) is 0 Å². The minimum absolute atomic E-state index is 0.102. The second-order valence-corrected chi connectivity index (χ2v) is 4.38. The Bertz CT molecular complexity index is 422. The Hall–Kier alpha value is -1.42. The van der Waals surface area contributed by atoms with Crippen LogP contribution >= 0.6 is 11.6 Å². The molecule has 5 heteroatoms. The van der Waals surface area contributed by atoms with E-state index in [0.717, 1.165) is 12.2 Å². The minimum atomic E-state index is 0.102. The number of anilines is 2. The first-order valence-corrected chi connectivity index (χ1v) is 5.49. The first kappa shape index (κ1) is 11.1. The molecule has 0 unspecified atom stereocenters. The van der Waals surface area contributed by atoms with E-state index in [-0.39, 0.29) is 5.91 Å². The molecule has 2 rings (SSSR count). The molecular weight excluding hydrogens is 226 g/mol. The lowest BCUT2D eigenvalue weighted by molar-refractivity contribution is -0.129. The number of benzene rings is 1. The Labute approximate surface area is 99.6 Å². The average Bonchev–Trinajstić information content (AvgIpc) is 2.26. The van der Waals surface area contributed by atoms with Crippen LogP contribution in [0.3, 0.4) is 0 Å². The van der Waals surface area contributed by atoms with Crippen molar-refractivity contribution in [3.05, 3.63) is 23.2 Å². The summed E-state index contributed by atoms with van der Waals surface area (Å²) in [6.07, 6.45) is 0. The Morgan fingerprint density at radius 2 is 2.12 bits per heavy atom. The highest BCUT2D eigenvalue weighted by atomic mass is 35.5. The third-order valence-corrected chi connectivity index (χ3v) is 3.03. The van der Waals surface area contributed by atoms with Gasteiger partial charge in [-0.15, -0.1) is 0 Å². The van der Waals surface area contributed by atoms with Crippen LogP contribution in [0.2, 0.25) is 5.02 Å². The lowest BCUT2D eigenvalue weighted by atomic mass is 10.2. The summed E-state index contributed by atoms with van der Waals surface area (Å²) >= 11 is 5.92. The summed E-state index contributed by atoms with van der Waals surface area (Å²) < 4.78 is 0. The van der Waals surface area contributed by atoms with Gasteiger partial charge in [0.15, 0.2) is 0 Å². The molecule has 0 radical (unpaired) electrons. The van der Waals surface area contributed by atoms with Crippen LogP contribution in [-0.2, 0) is 4.79 Å². The second kappa shape index (κ2) is 4.22. The predicted octanol–water partition coefficient (Wildman–Crippen LogP) is 1.20. The predicted molar refractivity (Wildman–Crippen MR) is 65.7 cm³/mol. The highest BCUT2D eigenvalue weighted by Crippen LogP contribution is 2.27. The van der Waals surface area contributed by atoms with Crippen molar-refractivity contribution >= 4 is 28.9 Å². The van der Waals surface area contributed by atoms with Gasteiger partial charge in [0.25, 0.3) is 0 Å². The van der Waals surface area contributed by atoms with Crippen molar-refractivity contribution < 1.29 is 4.79 Å². The van der Waals surface area contributed by atoms with E-state index < -0.39 is 0 Å². The van der Waals surface area contributed by atoms with Crippen molar-refractivity contribution in [2.75, 3.05) is 37.3 Å². The van der Waals surface area contributed by atoms with Gasteiger partial charge in [0.2, 0.25) is 5.91 Å². The van der Waals surface area contributed by atoms with Gasteiger partial charge in [0.1, 0.15) is 0 Å². The molecule has 0 aromatic heterocycles. The van der Waals surface area contributed by atoms with Gasteiger partial charge >= 0.3 is 0 Å². The van der Waals surface area contributed by atoms with Gasteiger partial charge in [-0.2, -0.15) is 0 Å². The van der Waals surface area contributed by atoms with E-state index in [1.807, 2.05) is 4.90 Å². The number of piperazine rings is 1. The highest BCUT2D eigenvalue weighted by Gasteiger charge is 2.22. The van der Waals surface area contributed by atoms with Crippen molar-refractivity contribution in [2.45, 2.75) is 0 Å². The topological polar surface area (TPSA) is 49.6 Å². The van der Waals surface area contributed by atoms with Crippen LogP contribution in [0.15, 0.2) is 18.2 Å². The van der Waals surface area contributed by atoms with Crippen LogP contribution in [0.25, 0.3) is 0 Å². The molecule has 1 fully saturated rings. The van der Waals surface area contributed by atoms with E-state index in [4.69, 9.17) is 17.3 Å². The molecule has 1 aliphatic heterocycles. The van der Waals surface area contributed by atoms with Gasteiger partial charge in [-0.25, -0.2) is 0 Å². The standard InChI is InChI=1S/C11H14ClN3O/c1-14-4-5-15(7-11(14)16)10-6-8(12)2-3-9(10)13/h2-3,6H,4-5,7,13H2,1H3. The van der Waals surface area contributed by atoms with E-state index in [0.29, 0.717) is 23.8 Å². The Balaban J connectivity index is 2.24. The molecule has 0 bridgehead atoms. The molecule has 0 saturated carbocycles. The van der Waals surface area contributed by atoms with E-state index in [9.17, 15) is 4.79 Å². The largest absolute Gasteiger partial charge is 0.397 e. The zero-order valence-corrected chi connectivity index (χ0v) is 9.87. The van der Waals surface area contributed by atoms with Crippen LogP contribution in [0, 0.1) is 0 Å². The summed E-state index contributed by atoms with van der Waals surface area (Å²) in [5.74, 6) is 0.102. The molecule has 1 aliphatic rings. The van der Waals surface area contributed by atoms with Gasteiger partial charge in [-0.05, 0) is 18.2 Å². The van der Waals surface area contributed by atoms with Crippen LogP contribution < -0.4 is 10.6 Å². The molecule has 0 spiro atoms. The molecule has 1 heterocycles. The summed E-state index contributed by atoms with van der Waals surface area (Å²) in [6.45, 7) is 1.86. The molecule has 86 valence electrons. The monoisotopic (exact) mass is 239 g/mol. The zero-order chi connectivity index (χ0) is 11.7. The summed E-state index contributed by atoms with van der Waals surface area (Å²) in [4.78, 5) is 15.3. The number of halogens is 1. The second-order valence-electron chi connectivity index (χ2n) is 3.94. The fraction of sp³-hybridized carbons (Fsp3) is 0.364. The number of nitrogens with zero attached hydrogens (tertiary/aromatic N) is 2. The lowest BCUT2D eigenvalue weighted by Gasteiger charge is -2.34. The lowest BCUT2D eigenvalue weighted by Crippen LogP contribution is -2.48. The fourth-order valence-corrected chi connectivity index (χ4v) is 1.92. The maximum atomic E-state index is 11.6. The molecule has 2 N–H and O–H groups in total. The van der Waals surface area contributed by atoms with E-state index in [2.05, 4.69) is 0 Å². The van der Waals surface area contributed by atoms with Gasteiger partial charge in [0.05, 0.1) is 17.9 Å². The van der Waals surface area contributed by atoms with Gasteiger partial charge < -0.3 is 15.5 Å². The van der Waals surface area contributed by atoms with Crippen LogP contribution in [0.5, 0.6) is 0 Å². The molecule has 1 amide bonds. The summed E-state index contributed by atoms with van der Waals surface area (Å²) in [5.41, 5.74) is 7.37. The number of likely N-dealkylation sites (N-methyl/N-ethyl adjacent to an activating group) is 1. The number of nitrogens with two attached hydrogens (primary N) is 1. The Kier molecular flexibility index (Phi) is 2.92. The SMILES string of the molecule is CN1CCN(c2cc(Cl)ccc2N)CC1=O. The zero-order valence-electron chi connectivity index (χ0n) is 9.11. The number of amides is 1. The van der Waals surface area contributed by atoms with Crippen LogP contribution in [0.4, 0.5) is 11.4 Å². The number of hydrogen-bond donors (Lipinski definition) is 1. The molecule has 16 heavy (non-hydrogen) atoms. The number of nitrogen functional groups attached to an aromatic ring is 1. The molecule has 0 aliphatic carbocycles. The summed E-state index contributed by atoms with van der Waals surface area (Å²) in [7, 11) is 1.81. The van der Waals surface area contributed by atoms with Crippen molar-refractivity contribution in [1.29, 1.82) is 0 Å². The first-order chi connectivity index (χ1) is 7.58. The van der Waals surface area contributed by atoms with Crippen molar-refractivity contribution in [2.24, 2.45) is 0 Å². The highest BCUT2D eigenvalue weighted by molar-refractivity contribution is 6.31. The Morgan fingerprint density at radius 3 is 2.81 bits per heavy atom. The van der Waals surface area contributed by atoms with E-state index >= 15 is 0 Å². The summed E-state index contributed by atoms with van der Waals surface area (Å²) in [5, 5.41) is 0.635. The van der Waals surface area contributed by atoms with Crippen molar-refractivity contribution in [1.82, 2.24) is 4.90 Å². The van der Waals surface area contributed by atoms with Crippen molar-refractivity contribution in [3.8, 4) is 0 Å². The maximum absolute atomic E-state index is 11.6. The number of rotatable bonds is 1. The fourth-order valence-electron chi connectivity index (χ4n) is 1.75. The smallest absolute Gasteiger partial charge is 0.241 e. The Morgan fingerprint density at radius 1 is 1.38 bits per heavy atom. The maximum Gasteiger partial charge on any atom is 0.241 e. The third-order valence-electron chi connectivity index (χ3n) is 2.79. The normalized spacial score (nSPS) is 16.8. The minimum Gasteiger partial charge on any atom is -0.397 e. The molecule has 1 aromatic rings. The van der Waals surface area contributed by atoms with Gasteiger partial charge in [-0.1, -0.05) is 11.6 Å². The van der Waals surface area contributed by atoms with Gasteiger partial charge in [0, 0.05) is 25.2 Å². The average molecular weight is 240 g/mol. The summed E-state index contributed by atoms with van der Waals surface area (Å²) in [6, 6.07) is 5.31. The number of carbonyl (C=O) groups is 1. The molecule has 1 aromatic carbocycles. The molecule has 4 nitrogen and oxygen atoms in total. The van der Waals surface area contributed by atoms with Crippen LogP contribution in [-0.4, -0.2) is 37.5 Å². The molecule has 1 saturated heterocycles. The number of carbonyl (C=O) groups excluding carboxylic acids is 1. The van der Waals surface area contributed by atoms with E-state index in [1.54, 1.807) is 30.1 Å². The molecular formula is C11H14ClN3O.